The minimum atomic E-state index is 0.601. The van der Waals surface area contributed by atoms with Crippen molar-refractivity contribution >= 4 is 0 Å². The molecule has 0 spiro atoms. The van der Waals surface area contributed by atoms with Crippen molar-refractivity contribution in [1.29, 1.82) is 0 Å². The summed E-state index contributed by atoms with van der Waals surface area (Å²) in [6.07, 6.45) is 10.6. The van der Waals surface area contributed by atoms with E-state index >= 15 is 0 Å². The van der Waals surface area contributed by atoms with Crippen LogP contribution in [0.2, 0.25) is 0 Å². The quantitative estimate of drug-likeness (QED) is 0.459. The zero-order chi connectivity index (χ0) is 16.0. The molecule has 3 nitrogen and oxygen atoms in total. The predicted octanol–water partition coefficient (Wildman–Crippen LogP) is 5.36. The lowest BCUT2D eigenvalue weighted by Gasteiger charge is -2.11. The van der Waals surface area contributed by atoms with E-state index in [2.05, 4.69) is 6.92 Å². The summed E-state index contributed by atoms with van der Waals surface area (Å²) in [5, 5.41) is 0. The van der Waals surface area contributed by atoms with Crippen LogP contribution >= 0.6 is 0 Å². The number of methoxy groups -OCH3 is 2. The van der Waals surface area contributed by atoms with Crippen LogP contribution in [0, 0.1) is 0 Å². The molecule has 0 bridgehead atoms. The SMILES string of the molecule is CCCCCCCCCCOCc1ccc(OC)cc1OC. The highest BCUT2D eigenvalue weighted by molar-refractivity contribution is 5.40. The van der Waals surface area contributed by atoms with Gasteiger partial charge < -0.3 is 14.2 Å². The first kappa shape index (κ1) is 18.8. The van der Waals surface area contributed by atoms with Crippen LogP contribution in [0.3, 0.4) is 0 Å². The van der Waals surface area contributed by atoms with Gasteiger partial charge in [-0.05, 0) is 18.6 Å². The van der Waals surface area contributed by atoms with Crippen molar-refractivity contribution in [3.8, 4) is 11.5 Å². The average Bonchev–Trinajstić information content (AvgIpc) is 2.56. The summed E-state index contributed by atoms with van der Waals surface area (Å²) in [4.78, 5) is 0. The second-order valence-corrected chi connectivity index (χ2v) is 5.71. The van der Waals surface area contributed by atoms with Crippen LogP contribution in [0.15, 0.2) is 18.2 Å². The summed E-state index contributed by atoms with van der Waals surface area (Å²) in [5.74, 6) is 1.64. The Morgan fingerprint density at radius 3 is 2.14 bits per heavy atom. The van der Waals surface area contributed by atoms with Crippen molar-refractivity contribution < 1.29 is 14.2 Å². The second kappa shape index (κ2) is 12.3. The molecule has 1 aromatic rings. The molecule has 126 valence electrons. The molecule has 0 aliphatic heterocycles. The zero-order valence-electron chi connectivity index (χ0n) is 14.5. The fourth-order valence-corrected chi connectivity index (χ4v) is 2.49. The van der Waals surface area contributed by atoms with E-state index in [-0.39, 0.29) is 0 Å². The molecule has 1 aromatic carbocycles. The van der Waals surface area contributed by atoms with Gasteiger partial charge in [0.25, 0.3) is 0 Å². The summed E-state index contributed by atoms with van der Waals surface area (Å²) in [6, 6.07) is 5.85. The van der Waals surface area contributed by atoms with Crippen molar-refractivity contribution in [2.45, 2.75) is 64.9 Å². The van der Waals surface area contributed by atoms with E-state index in [1.807, 2.05) is 18.2 Å². The lowest BCUT2D eigenvalue weighted by Crippen LogP contribution is -1.99. The minimum Gasteiger partial charge on any atom is -0.497 e. The lowest BCUT2D eigenvalue weighted by molar-refractivity contribution is 0.115. The largest absolute Gasteiger partial charge is 0.497 e. The van der Waals surface area contributed by atoms with Gasteiger partial charge >= 0.3 is 0 Å². The molecule has 0 aromatic heterocycles. The van der Waals surface area contributed by atoms with Crippen molar-refractivity contribution in [2.24, 2.45) is 0 Å². The van der Waals surface area contributed by atoms with E-state index in [1.165, 1.54) is 44.9 Å². The predicted molar refractivity (Wildman–Crippen MR) is 91.8 cm³/mol. The Morgan fingerprint density at radius 1 is 0.818 bits per heavy atom. The zero-order valence-corrected chi connectivity index (χ0v) is 14.5. The van der Waals surface area contributed by atoms with Crippen molar-refractivity contribution in [3.05, 3.63) is 23.8 Å². The molecular formula is C19H32O3. The maximum atomic E-state index is 5.76. The molecule has 1 rings (SSSR count). The van der Waals surface area contributed by atoms with Crippen LogP contribution in [-0.2, 0) is 11.3 Å². The monoisotopic (exact) mass is 308 g/mol. The molecule has 0 amide bonds. The Morgan fingerprint density at radius 2 is 1.50 bits per heavy atom. The smallest absolute Gasteiger partial charge is 0.128 e. The van der Waals surface area contributed by atoms with Gasteiger partial charge in [-0.3, -0.25) is 0 Å². The fourth-order valence-electron chi connectivity index (χ4n) is 2.49. The minimum absolute atomic E-state index is 0.601. The number of benzene rings is 1. The van der Waals surface area contributed by atoms with Crippen LogP contribution in [0.5, 0.6) is 11.5 Å². The van der Waals surface area contributed by atoms with Crippen LogP contribution in [0.1, 0.15) is 63.9 Å². The molecular weight excluding hydrogens is 276 g/mol. The number of rotatable bonds is 13. The average molecular weight is 308 g/mol. The molecule has 0 saturated heterocycles. The van der Waals surface area contributed by atoms with Gasteiger partial charge in [-0.15, -0.1) is 0 Å². The number of hydrogen-bond donors (Lipinski definition) is 0. The Bertz CT molecular complexity index is 390. The van der Waals surface area contributed by atoms with Gasteiger partial charge in [-0.1, -0.05) is 51.9 Å². The van der Waals surface area contributed by atoms with E-state index < -0.39 is 0 Å². The third kappa shape index (κ3) is 7.69. The summed E-state index contributed by atoms with van der Waals surface area (Å²) >= 11 is 0. The molecule has 3 heteroatoms. The Kier molecular flexibility index (Phi) is 10.6. The van der Waals surface area contributed by atoms with Gasteiger partial charge in [0.15, 0.2) is 0 Å². The van der Waals surface area contributed by atoms with Gasteiger partial charge in [-0.25, -0.2) is 0 Å². The maximum absolute atomic E-state index is 5.76. The van der Waals surface area contributed by atoms with E-state index in [4.69, 9.17) is 14.2 Å². The topological polar surface area (TPSA) is 27.7 Å². The normalized spacial score (nSPS) is 10.7. The highest BCUT2D eigenvalue weighted by Crippen LogP contribution is 2.25. The first-order valence-electron chi connectivity index (χ1n) is 8.60. The van der Waals surface area contributed by atoms with Crippen LogP contribution in [0.25, 0.3) is 0 Å². The van der Waals surface area contributed by atoms with Gasteiger partial charge in [0.1, 0.15) is 11.5 Å². The van der Waals surface area contributed by atoms with Gasteiger partial charge in [0.2, 0.25) is 0 Å². The van der Waals surface area contributed by atoms with Crippen molar-refractivity contribution in [1.82, 2.24) is 0 Å². The van der Waals surface area contributed by atoms with Crippen molar-refractivity contribution in [2.75, 3.05) is 20.8 Å². The highest BCUT2D eigenvalue weighted by Gasteiger charge is 2.05. The Balaban J connectivity index is 2.09. The molecule has 0 radical (unpaired) electrons. The fraction of sp³-hybridized carbons (Fsp3) is 0.684. The molecule has 0 N–H and O–H groups in total. The number of unbranched alkanes of at least 4 members (excludes halogenated alkanes) is 7. The summed E-state index contributed by atoms with van der Waals surface area (Å²) in [5.41, 5.74) is 1.07. The van der Waals surface area contributed by atoms with Crippen molar-refractivity contribution in [3.63, 3.8) is 0 Å². The Hall–Kier alpha value is -1.22. The highest BCUT2D eigenvalue weighted by atomic mass is 16.5. The second-order valence-electron chi connectivity index (χ2n) is 5.71. The van der Waals surface area contributed by atoms with E-state index in [9.17, 15) is 0 Å². The standard InChI is InChI=1S/C19H32O3/c1-4-5-6-7-8-9-10-11-14-22-16-17-12-13-18(20-2)15-19(17)21-3/h12-13,15H,4-11,14,16H2,1-3H3. The van der Waals surface area contributed by atoms with Gasteiger partial charge in [0, 0.05) is 18.2 Å². The number of ether oxygens (including phenoxy) is 3. The van der Waals surface area contributed by atoms with Crippen LogP contribution in [0.4, 0.5) is 0 Å². The molecule has 0 aliphatic rings. The molecule has 22 heavy (non-hydrogen) atoms. The van der Waals surface area contributed by atoms with E-state index in [0.717, 1.165) is 30.1 Å². The molecule has 0 atom stereocenters. The van der Waals surface area contributed by atoms with Crippen LogP contribution in [-0.4, -0.2) is 20.8 Å². The number of hydrogen-bond acceptors (Lipinski definition) is 3. The first-order valence-corrected chi connectivity index (χ1v) is 8.60. The molecule has 0 fully saturated rings. The van der Waals surface area contributed by atoms with Crippen LogP contribution < -0.4 is 9.47 Å². The first-order chi connectivity index (χ1) is 10.8. The van der Waals surface area contributed by atoms with Gasteiger partial charge in [0.05, 0.1) is 20.8 Å². The Labute approximate surface area is 136 Å². The van der Waals surface area contributed by atoms with E-state index in [0.29, 0.717) is 6.61 Å². The molecule has 0 unspecified atom stereocenters. The van der Waals surface area contributed by atoms with E-state index in [1.54, 1.807) is 14.2 Å². The third-order valence-electron chi connectivity index (χ3n) is 3.89. The maximum Gasteiger partial charge on any atom is 0.128 e. The molecule has 0 saturated carbocycles. The summed E-state index contributed by atoms with van der Waals surface area (Å²) < 4.78 is 16.3. The van der Waals surface area contributed by atoms with Gasteiger partial charge in [-0.2, -0.15) is 0 Å². The lowest BCUT2D eigenvalue weighted by atomic mass is 10.1. The molecule has 0 aliphatic carbocycles. The molecule has 0 heterocycles. The summed E-state index contributed by atoms with van der Waals surface area (Å²) in [7, 11) is 3.34. The third-order valence-corrected chi connectivity index (χ3v) is 3.89. The summed E-state index contributed by atoms with van der Waals surface area (Å²) in [6.45, 7) is 3.68.